The van der Waals surface area contributed by atoms with Gasteiger partial charge in [-0.25, -0.2) is 4.99 Å². The van der Waals surface area contributed by atoms with E-state index in [1.807, 2.05) is 37.3 Å². The topological polar surface area (TPSA) is 64.7 Å². The van der Waals surface area contributed by atoms with Gasteiger partial charge in [0.15, 0.2) is 0 Å². The van der Waals surface area contributed by atoms with E-state index >= 15 is 0 Å². The van der Waals surface area contributed by atoms with Crippen LogP contribution in [0.3, 0.4) is 0 Å². The molecule has 0 aliphatic rings. The van der Waals surface area contributed by atoms with Crippen molar-refractivity contribution in [3.8, 4) is 5.75 Å². The molecule has 6 heteroatoms. The summed E-state index contributed by atoms with van der Waals surface area (Å²) in [7, 11) is 0. The molecule has 3 aromatic rings. The number of halogens is 1. The van der Waals surface area contributed by atoms with E-state index in [1.54, 1.807) is 30.3 Å². The Labute approximate surface area is 155 Å². The molecule has 0 amide bonds. The standard InChI is InChI=1S/C20H15ClN2O3/c1-14-10-11-17(23(24)25)13-19(14)22-20(15-6-3-2-4-7-15)26-18-9-5-8-16(21)12-18/h2-13H,1H3. The van der Waals surface area contributed by atoms with Crippen LogP contribution in [0.15, 0.2) is 77.8 Å². The Kier molecular flexibility index (Phi) is 5.29. The van der Waals surface area contributed by atoms with E-state index in [1.165, 1.54) is 12.1 Å². The number of aliphatic imine (C=N–C) groups is 1. The Bertz CT molecular complexity index is 972. The van der Waals surface area contributed by atoms with E-state index in [4.69, 9.17) is 16.3 Å². The van der Waals surface area contributed by atoms with E-state index in [-0.39, 0.29) is 5.69 Å². The van der Waals surface area contributed by atoms with E-state index in [2.05, 4.69) is 4.99 Å². The summed E-state index contributed by atoms with van der Waals surface area (Å²) in [5.74, 6) is 0.861. The number of rotatable bonds is 4. The molecule has 0 N–H and O–H groups in total. The Hall–Kier alpha value is -3.18. The average Bonchev–Trinajstić information content (AvgIpc) is 2.63. The summed E-state index contributed by atoms with van der Waals surface area (Å²) in [6.07, 6.45) is 0. The zero-order valence-corrected chi connectivity index (χ0v) is 14.7. The van der Waals surface area contributed by atoms with E-state index < -0.39 is 4.92 Å². The van der Waals surface area contributed by atoms with Crippen molar-refractivity contribution in [1.82, 2.24) is 0 Å². The van der Waals surface area contributed by atoms with Crippen molar-refractivity contribution in [2.75, 3.05) is 0 Å². The minimum atomic E-state index is -0.446. The fraction of sp³-hybridized carbons (Fsp3) is 0.0500. The molecule has 0 aliphatic heterocycles. The van der Waals surface area contributed by atoms with Crippen LogP contribution in [0.2, 0.25) is 5.02 Å². The minimum Gasteiger partial charge on any atom is -0.438 e. The number of benzene rings is 3. The van der Waals surface area contributed by atoms with Gasteiger partial charge in [-0.3, -0.25) is 10.1 Å². The molecule has 0 aromatic heterocycles. The zero-order chi connectivity index (χ0) is 18.5. The van der Waals surface area contributed by atoms with Gasteiger partial charge < -0.3 is 4.74 Å². The van der Waals surface area contributed by atoms with Crippen molar-refractivity contribution in [2.45, 2.75) is 6.92 Å². The first-order valence-corrected chi connectivity index (χ1v) is 8.23. The third kappa shape index (κ3) is 4.26. The predicted octanol–water partition coefficient (Wildman–Crippen LogP) is 5.71. The second-order valence-corrected chi connectivity index (χ2v) is 6.01. The molecular formula is C20H15ClN2O3. The third-order valence-corrected chi connectivity index (χ3v) is 3.89. The zero-order valence-electron chi connectivity index (χ0n) is 13.9. The molecule has 0 saturated carbocycles. The Morgan fingerprint density at radius 3 is 2.50 bits per heavy atom. The number of hydrogen-bond acceptors (Lipinski definition) is 4. The van der Waals surface area contributed by atoms with Crippen molar-refractivity contribution in [2.24, 2.45) is 4.99 Å². The average molecular weight is 367 g/mol. The molecule has 0 bridgehead atoms. The molecule has 3 rings (SSSR count). The molecule has 0 atom stereocenters. The molecular weight excluding hydrogens is 352 g/mol. The van der Waals surface area contributed by atoms with Gasteiger partial charge in [0.05, 0.1) is 10.6 Å². The molecule has 0 aliphatic carbocycles. The number of non-ortho nitro benzene ring substituents is 1. The van der Waals surface area contributed by atoms with Crippen LogP contribution >= 0.6 is 11.6 Å². The van der Waals surface area contributed by atoms with Crippen molar-refractivity contribution >= 4 is 28.9 Å². The van der Waals surface area contributed by atoms with Crippen molar-refractivity contribution in [1.29, 1.82) is 0 Å². The highest BCUT2D eigenvalue weighted by Crippen LogP contribution is 2.26. The fourth-order valence-electron chi connectivity index (χ4n) is 2.31. The summed E-state index contributed by atoms with van der Waals surface area (Å²) >= 11 is 6.02. The summed E-state index contributed by atoms with van der Waals surface area (Å²) in [5, 5.41) is 11.6. The van der Waals surface area contributed by atoms with Gasteiger partial charge in [0.25, 0.3) is 5.69 Å². The molecule has 0 spiro atoms. The maximum absolute atomic E-state index is 11.1. The lowest BCUT2D eigenvalue weighted by Gasteiger charge is -2.10. The quantitative estimate of drug-likeness (QED) is 0.257. The Morgan fingerprint density at radius 1 is 1.04 bits per heavy atom. The lowest BCUT2D eigenvalue weighted by molar-refractivity contribution is -0.384. The van der Waals surface area contributed by atoms with Gasteiger partial charge in [-0.1, -0.05) is 41.9 Å². The first-order valence-electron chi connectivity index (χ1n) is 7.85. The van der Waals surface area contributed by atoms with Crippen molar-refractivity contribution in [3.05, 3.63) is 99.1 Å². The Balaban J connectivity index is 2.07. The summed E-state index contributed by atoms with van der Waals surface area (Å²) in [4.78, 5) is 15.2. The minimum absolute atomic E-state index is 0.0236. The van der Waals surface area contributed by atoms with Gasteiger partial charge in [0.1, 0.15) is 5.75 Å². The number of nitrogens with zero attached hydrogens (tertiary/aromatic N) is 2. The highest BCUT2D eigenvalue weighted by Gasteiger charge is 2.12. The van der Waals surface area contributed by atoms with Gasteiger partial charge >= 0.3 is 0 Å². The molecule has 0 radical (unpaired) electrons. The van der Waals surface area contributed by atoms with Gasteiger partial charge in [-0.2, -0.15) is 0 Å². The van der Waals surface area contributed by atoms with Crippen LogP contribution < -0.4 is 4.74 Å². The SMILES string of the molecule is Cc1ccc([N+](=O)[O-])cc1N=C(Oc1cccc(Cl)c1)c1ccccc1. The molecule has 0 heterocycles. The van der Waals surface area contributed by atoms with Crippen molar-refractivity contribution in [3.63, 3.8) is 0 Å². The second kappa shape index (κ2) is 7.80. The van der Waals surface area contributed by atoms with Crippen molar-refractivity contribution < 1.29 is 9.66 Å². The van der Waals surface area contributed by atoms with Crippen LogP contribution in [0.4, 0.5) is 11.4 Å². The summed E-state index contributed by atoms with van der Waals surface area (Å²) in [6, 6.07) is 20.9. The third-order valence-electron chi connectivity index (χ3n) is 3.66. The fourth-order valence-corrected chi connectivity index (χ4v) is 2.49. The maximum Gasteiger partial charge on any atom is 0.271 e. The lowest BCUT2D eigenvalue weighted by atomic mass is 10.1. The normalized spacial score (nSPS) is 11.2. The lowest BCUT2D eigenvalue weighted by Crippen LogP contribution is -2.10. The van der Waals surface area contributed by atoms with Gasteiger partial charge in [-0.15, -0.1) is 0 Å². The van der Waals surface area contributed by atoms with Crippen LogP contribution in [0, 0.1) is 17.0 Å². The molecule has 3 aromatic carbocycles. The molecule has 26 heavy (non-hydrogen) atoms. The number of hydrogen-bond donors (Lipinski definition) is 0. The monoisotopic (exact) mass is 366 g/mol. The molecule has 0 saturated heterocycles. The molecule has 5 nitrogen and oxygen atoms in total. The van der Waals surface area contributed by atoms with Gasteiger partial charge in [-0.05, 0) is 42.8 Å². The number of nitro benzene ring substituents is 1. The maximum atomic E-state index is 11.1. The predicted molar refractivity (Wildman–Crippen MR) is 103 cm³/mol. The van der Waals surface area contributed by atoms with E-state index in [9.17, 15) is 10.1 Å². The first kappa shape index (κ1) is 17.6. The number of nitro groups is 1. The van der Waals surface area contributed by atoms with Crippen LogP contribution in [0.1, 0.15) is 11.1 Å². The van der Waals surface area contributed by atoms with Crippen LogP contribution in [-0.2, 0) is 0 Å². The number of ether oxygens (including phenoxy) is 1. The van der Waals surface area contributed by atoms with E-state index in [0.29, 0.717) is 22.4 Å². The second-order valence-electron chi connectivity index (χ2n) is 5.57. The van der Waals surface area contributed by atoms with Gasteiger partial charge in [0.2, 0.25) is 5.90 Å². The Morgan fingerprint density at radius 2 is 1.81 bits per heavy atom. The highest BCUT2D eigenvalue weighted by atomic mass is 35.5. The molecule has 0 fully saturated rings. The molecule has 130 valence electrons. The first-order chi connectivity index (χ1) is 12.5. The summed E-state index contributed by atoms with van der Waals surface area (Å²) in [5.41, 5.74) is 2.00. The highest BCUT2D eigenvalue weighted by molar-refractivity contribution is 6.30. The summed E-state index contributed by atoms with van der Waals surface area (Å²) in [6.45, 7) is 1.84. The molecule has 0 unspecified atom stereocenters. The van der Waals surface area contributed by atoms with Crippen LogP contribution in [0.5, 0.6) is 5.75 Å². The van der Waals surface area contributed by atoms with Gasteiger partial charge in [0, 0.05) is 22.7 Å². The number of aryl methyl sites for hydroxylation is 1. The smallest absolute Gasteiger partial charge is 0.271 e. The van der Waals surface area contributed by atoms with E-state index in [0.717, 1.165) is 11.1 Å². The van der Waals surface area contributed by atoms with Crippen LogP contribution in [-0.4, -0.2) is 10.8 Å². The summed E-state index contributed by atoms with van der Waals surface area (Å²) < 4.78 is 5.94. The largest absolute Gasteiger partial charge is 0.438 e. The van der Waals surface area contributed by atoms with Crippen LogP contribution in [0.25, 0.3) is 0 Å².